The van der Waals surface area contributed by atoms with Crippen LogP contribution in [0.1, 0.15) is 5.69 Å². The quantitative estimate of drug-likeness (QED) is 0.323. The highest BCUT2D eigenvalue weighted by Gasteiger charge is 2.21. The minimum Gasteiger partial charge on any atom is -0.252 e. The van der Waals surface area contributed by atoms with E-state index in [1.165, 1.54) is 38.9 Å². The molecule has 0 saturated carbocycles. The van der Waals surface area contributed by atoms with Crippen molar-refractivity contribution in [2.75, 3.05) is 0 Å². The molecule has 0 amide bonds. The van der Waals surface area contributed by atoms with Crippen LogP contribution in [0.5, 0.6) is 0 Å². The highest BCUT2D eigenvalue weighted by Crippen LogP contribution is 2.46. The Hall–Kier alpha value is -3.19. The molecule has 118 valence electrons. The molecule has 0 atom stereocenters. The molecule has 0 aliphatic heterocycles. The summed E-state index contributed by atoms with van der Waals surface area (Å²) in [4.78, 5) is 4.93. The molecule has 25 heavy (non-hydrogen) atoms. The molecule has 1 aliphatic carbocycles. The van der Waals surface area contributed by atoms with E-state index in [4.69, 9.17) is 4.98 Å². The molecule has 1 nitrogen and oxygen atoms in total. The number of nitrogens with zero attached hydrogens (tertiary/aromatic N) is 1. The molecule has 0 unspecified atom stereocenters. The van der Waals surface area contributed by atoms with E-state index < -0.39 is 0 Å². The van der Waals surface area contributed by atoms with Crippen LogP contribution in [-0.4, -0.2) is 4.98 Å². The molecule has 0 fully saturated rings. The first-order chi connectivity index (χ1) is 12.3. The zero-order valence-electron chi connectivity index (χ0n) is 14.0. The molecule has 1 aliphatic rings. The molecule has 3 aromatic carbocycles. The van der Waals surface area contributed by atoms with Crippen molar-refractivity contribution in [3.8, 4) is 44.6 Å². The fraction of sp³-hybridized carbons (Fsp3) is 0.0417. The second-order valence-electron chi connectivity index (χ2n) is 6.49. The van der Waals surface area contributed by atoms with Gasteiger partial charge in [0.2, 0.25) is 0 Å². The van der Waals surface area contributed by atoms with Gasteiger partial charge in [-0.05, 0) is 40.8 Å². The number of aromatic nitrogens is 1. The molecule has 5 rings (SSSR count). The topological polar surface area (TPSA) is 12.9 Å². The van der Waals surface area contributed by atoms with Crippen molar-refractivity contribution in [1.82, 2.24) is 4.98 Å². The van der Waals surface area contributed by atoms with Gasteiger partial charge in [0.1, 0.15) is 0 Å². The smallest absolute Gasteiger partial charge is 0.0789 e. The van der Waals surface area contributed by atoms with Crippen LogP contribution >= 0.6 is 0 Å². The van der Waals surface area contributed by atoms with Crippen molar-refractivity contribution < 1.29 is 0 Å². The first kappa shape index (κ1) is 14.2. The lowest BCUT2D eigenvalue weighted by Crippen LogP contribution is -1.99. The van der Waals surface area contributed by atoms with Gasteiger partial charge in [0.15, 0.2) is 0 Å². The summed E-state index contributed by atoms with van der Waals surface area (Å²) in [7, 11) is 0. The van der Waals surface area contributed by atoms with Crippen molar-refractivity contribution in [3.05, 3.63) is 90.6 Å². The summed E-state index contributed by atoms with van der Waals surface area (Å²) in [6.45, 7) is 2.06. The monoisotopic (exact) mass is 319 g/mol. The fourth-order valence-electron chi connectivity index (χ4n) is 3.81. The zero-order valence-corrected chi connectivity index (χ0v) is 14.0. The third kappa shape index (κ3) is 2.13. The zero-order chi connectivity index (χ0) is 16.8. The maximum absolute atomic E-state index is 4.93. The van der Waals surface area contributed by atoms with Crippen LogP contribution in [0.2, 0.25) is 0 Å². The largest absolute Gasteiger partial charge is 0.252 e. The fourth-order valence-corrected chi connectivity index (χ4v) is 3.81. The van der Waals surface area contributed by atoms with Crippen molar-refractivity contribution >= 4 is 0 Å². The molecule has 0 saturated heterocycles. The first-order valence-corrected chi connectivity index (χ1v) is 8.59. The van der Waals surface area contributed by atoms with Crippen LogP contribution < -0.4 is 0 Å². The second-order valence-corrected chi connectivity index (χ2v) is 6.49. The predicted octanol–water partition coefficient (Wildman–Crippen LogP) is 6.37. The normalized spacial score (nSPS) is 11.4. The van der Waals surface area contributed by atoms with E-state index in [-0.39, 0.29) is 0 Å². The Morgan fingerprint density at radius 3 is 1.36 bits per heavy atom. The lowest BCUT2D eigenvalue weighted by atomic mass is 9.83. The number of hydrogen-bond donors (Lipinski definition) is 0. The molecule has 0 spiro atoms. The summed E-state index contributed by atoms with van der Waals surface area (Å²) in [5, 5.41) is 0. The maximum atomic E-state index is 4.93. The van der Waals surface area contributed by atoms with E-state index in [1.807, 2.05) is 0 Å². The Kier molecular flexibility index (Phi) is 3.07. The van der Waals surface area contributed by atoms with Gasteiger partial charge < -0.3 is 0 Å². The SMILES string of the molecule is Cc1ccc2c(n1)-c1ccccc1-c1ccccc1-c1ccccc1-2. The van der Waals surface area contributed by atoms with Crippen molar-refractivity contribution in [1.29, 1.82) is 0 Å². The standard InChI is InChI=1S/C24H17N/c1-16-14-15-23-21-12-5-4-10-19(21)17-8-2-3-9-18(17)20-11-6-7-13-22(20)24(23)25-16/h2-15H,1H3. The van der Waals surface area contributed by atoms with Gasteiger partial charge in [0.05, 0.1) is 5.69 Å². The Labute approximate surface area is 147 Å². The minimum absolute atomic E-state index is 1.04. The summed E-state index contributed by atoms with van der Waals surface area (Å²) in [5.41, 5.74) is 10.8. The lowest BCUT2D eigenvalue weighted by molar-refractivity contribution is 1.21. The van der Waals surface area contributed by atoms with Crippen molar-refractivity contribution in [2.24, 2.45) is 0 Å². The molecular formula is C24H17N. The first-order valence-electron chi connectivity index (χ1n) is 8.59. The molecule has 0 bridgehead atoms. The average molecular weight is 319 g/mol. The number of hydrogen-bond acceptors (Lipinski definition) is 1. The van der Waals surface area contributed by atoms with Gasteiger partial charge in [-0.3, -0.25) is 4.98 Å². The number of pyridine rings is 1. The van der Waals surface area contributed by atoms with Gasteiger partial charge in [-0.25, -0.2) is 0 Å². The third-order valence-electron chi connectivity index (χ3n) is 4.94. The van der Waals surface area contributed by atoms with Gasteiger partial charge in [0, 0.05) is 16.8 Å². The van der Waals surface area contributed by atoms with Gasteiger partial charge in [0.25, 0.3) is 0 Å². The van der Waals surface area contributed by atoms with Crippen LogP contribution in [0, 0.1) is 6.92 Å². The van der Waals surface area contributed by atoms with Gasteiger partial charge in [-0.15, -0.1) is 0 Å². The molecule has 0 radical (unpaired) electrons. The molecule has 1 aromatic heterocycles. The van der Waals surface area contributed by atoms with Gasteiger partial charge in [-0.1, -0.05) is 78.9 Å². The summed E-state index contributed by atoms with van der Waals surface area (Å²) in [6, 6.07) is 30.2. The Bertz CT molecular complexity index is 1100. The van der Waals surface area contributed by atoms with E-state index in [2.05, 4.69) is 91.9 Å². The molecule has 1 heteroatoms. The third-order valence-corrected chi connectivity index (χ3v) is 4.94. The molecule has 4 aromatic rings. The van der Waals surface area contributed by atoms with Gasteiger partial charge >= 0.3 is 0 Å². The summed E-state index contributed by atoms with van der Waals surface area (Å²) < 4.78 is 0. The van der Waals surface area contributed by atoms with Crippen molar-refractivity contribution in [3.63, 3.8) is 0 Å². The van der Waals surface area contributed by atoms with E-state index in [9.17, 15) is 0 Å². The van der Waals surface area contributed by atoms with E-state index in [0.29, 0.717) is 0 Å². The van der Waals surface area contributed by atoms with E-state index in [0.717, 1.165) is 11.4 Å². The highest BCUT2D eigenvalue weighted by molar-refractivity contribution is 6.01. The number of rotatable bonds is 0. The van der Waals surface area contributed by atoms with Gasteiger partial charge in [-0.2, -0.15) is 0 Å². The molecular weight excluding hydrogens is 302 g/mol. The number of aryl methyl sites for hydroxylation is 1. The average Bonchev–Trinajstić information content (AvgIpc) is 2.67. The van der Waals surface area contributed by atoms with Crippen LogP contribution in [0.25, 0.3) is 44.6 Å². The number of benzene rings is 3. The van der Waals surface area contributed by atoms with Crippen LogP contribution in [-0.2, 0) is 0 Å². The second kappa shape index (κ2) is 5.42. The van der Waals surface area contributed by atoms with Crippen LogP contribution in [0.4, 0.5) is 0 Å². The minimum atomic E-state index is 1.04. The predicted molar refractivity (Wildman–Crippen MR) is 104 cm³/mol. The Balaban J connectivity index is 2.01. The lowest BCUT2D eigenvalue weighted by Gasteiger charge is -2.22. The molecule has 0 N–H and O–H groups in total. The highest BCUT2D eigenvalue weighted by atomic mass is 14.7. The van der Waals surface area contributed by atoms with Crippen LogP contribution in [0.3, 0.4) is 0 Å². The summed E-state index contributed by atoms with van der Waals surface area (Å²) in [5.74, 6) is 0. The maximum Gasteiger partial charge on any atom is 0.0789 e. The summed E-state index contributed by atoms with van der Waals surface area (Å²) in [6.07, 6.45) is 0. The Morgan fingerprint density at radius 1 is 0.440 bits per heavy atom. The van der Waals surface area contributed by atoms with E-state index >= 15 is 0 Å². The number of fused-ring (bicyclic) bond motifs is 8. The summed E-state index contributed by atoms with van der Waals surface area (Å²) >= 11 is 0. The molecule has 1 heterocycles. The Morgan fingerprint density at radius 2 is 0.840 bits per heavy atom. The van der Waals surface area contributed by atoms with Crippen LogP contribution in [0.15, 0.2) is 84.9 Å². The van der Waals surface area contributed by atoms with Crippen molar-refractivity contribution in [2.45, 2.75) is 6.92 Å². The van der Waals surface area contributed by atoms with E-state index in [1.54, 1.807) is 0 Å².